The fourth-order valence-electron chi connectivity index (χ4n) is 2.43. The predicted octanol–water partition coefficient (Wildman–Crippen LogP) is 4.16. The number of esters is 1. The number of nitrogens with zero attached hydrogens (tertiary/aromatic N) is 1. The Bertz CT molecular complexity index is 760. The fourth-order valence-corrected chi connectivity index (χ4v) is 2.43. The van der Waals surface area contributed by atoms with E-state index in [1.54, 1.807) is 0 Å². The minimum atomic E-state index is -0.856. The van der Waals surface area contributed by atoms with Gasteiger partial charge in [0.05, 0.1) is 0 Å². The van der Waals surface area contributed by atoms with Crippen molar-refractivity contribution in [1.82, 2.24) is 0 Å². The second-order valence-corrected chi connectivity index (χ2v) is 5.96. The summed E-state index contributed by atoms with van der Waals surface area (Å²) in [4.78, 5) is 16.7. The van der Waals surface area contributed by atoms with E-state index < -0.39 is 5.54 Å². The molecule has 0 saturated heterocycles. The number of hydrogen-bond donors (Lipinski definition) is 0. The molecule has 0 aliphatic carbocycles. The molecular weight excluding hydrogens is 286 g/mol. The molecule has 0 aromatic heterocycles. The number of aliphatic imine (C=N–C) groups is 1. The third-order valence-corrected chi connectivity index (χ3v) is 3.90. The van der Waals surface area contributed by atoms with E-state index >= 15 is 0 Å². The first-order valence-electron chi connectivity index (χ1n) is 7.68. The average Bonchev–Trinajstić information content (AvgIpc) is 2.85. The first-order valence-corrected chi connectivity index (χ1v) is 7.68. The molecule has 0 fully saturated rings. The van der Waals surface area contributed by atoms with Gasteiger partial charge in [-0.2, -0.15) is 0 Å². The van der Waals surface area contributed by atoms with Gasteiger partial charge in [-0.25, -0.2) is 9.79 Å². The summed E-state index contributed by atoms with van der Waals surface area (Å²) >= 11 is 0. The van der Waals surface area contributed by atoms with Gasteiger partial charge in [-0.15, -0.1) is 0 Å². The van der Waals surface area contributed by atoms with Crippen LogP contribution in [0.4, 0.5) is 0 Å². The predicted molar refractivity (Wildman–Crippen MR) is 92.3 cm³/mol. The summed E-state index contributed by atoms with van der Waals surface area (Å²) in [5, 5.41) is 0. The second kappa shape index (κ2) is 6.21. The molecule has 2 aromatic carbocycles. The highest BCUT2D eigenvalue weighted by molar-refractivity contribution is 6.07. The number of ether oxygens (including phenoxy) is 1. The van der Waals surface area contributed by atoms with Crippen LogP contribution in [-0.2, 0) is 9.53 Å². The van der Waals surface area contributed by atoms with Crippen LogP contribution in [0.5, 0.6) is 0 Å². The van der Waals surface area contributed by atoms with E-state index in [9.17, 15) is 4.79 Å². The lowest BCUT2D eigenvalue weighted by atomic mass is 9.99. The average molecular weight is 305 g/mol. The van der Waals surface area contributed by atoms with Crippen molar-refractivity contribution in [2.45, 2.75) is 25.8 Å². The highest BCUT2D eigenvalue weighted by Crippen LogP contribution is 2.27. The standard InChI is InChI=1S/C20H19NO2/c1-15-10-12-17(13-11-15)18-21-20(2,19(22)23-18)14-6-9-16-7-4-3-5-8-16/h3-13H,14H2,1-2H3/b9-6+/t20-/m0/s1. The van der Waals surface area contributed by atoms with Crippen molar-refractivity contribution >= 4 is 17.9 Å². The van der Waals surface area contributed by atoms with Crippen LogP contribution in [0.2, 0.25) is 0 Å². The highest BCUT2D eigenvalue weighted by atomic mass is 16.6. The van der Waals surface area contributed by atoms with E-state index in [-0.39, 0.29) is 5.97 Å². The first-order chi connectivity index (χ1) is 11.1. The van der Waals surface area contributed by atoms with Crippen LogP contribution >= 0.6 is 0 Å². The number of cyclic esters (lactones) is 1. The van der Waals surface area contributed by atoms with Crippen molar-refractivity contribution in [3.05, 3.63) is 77.4 Å². The molecule has 3 nitrogen and oxygen atoms in total. The Balaban J connectivity index is 1.76. The van der Waals surface area contributed by atoms with Crippen molar-refractivity contribution < 1.29 is 9.53 Å². The number of carbonyl (C=O) groups excluding carboxylic acids is 1. The minimum Gasteiger partial charge on any atom is -0.405 e. The van der Waals surface area contributed by atoms with Crippen molar-refractivity contribution in [2.24, 2.45) is 4.99 Å². The van der Waals surface area contributed by atoms with Crippen molar-refractivity contribution in [1.29, 1.82) is 0 Å². The number of benzene rings is 2. The maximum atomic E-state index is 12.2. The Kier molecular flexibility index (Phi) is 4.11. The molecule has 1 heterocycles. The third kappa shape index (κ3) is 3.39. The quantitative estimate of drug-likeness (QED) is 0.796. The molecule has 23 heavy (non-hydrogen) atoms. The Hall–Kier alpha value is -2.68. The van der Waals surface area contributed by atoms with Crippen LogP contribution in [0.1, 0.15) is 30.0 Å². The molecule has 3 heteroatoms. The molecule has 0 saturated carbocycles. The summed E-state index contributed by atoms with van der Waals surface area (Å²) in [5.74, 6) is 0.108. The summed E-state index contributed by atoms with van der Waals surface area (Å²) in [5.41, 5.74) is 2.24. The van der Waals surface area contributed by atoms with Gasteiger partial charge in [0, 0.05) is 12.0 Å². The summed E-state index contributed by atoms with van der Waals surface area (Å²) < 4.78 is 5.38. The molecule has 1 atom stereocenters. The van der Waals surface area contributed by atoms with E-state index in [0.717, 1.165) is 16.7 Å². The zero-order valence-electron chi connectivity index (χ0n) is 13.3. The zero-order chi connectivity index (χ0) is 16.3. The Morgan fingerprint density at radius 1 is 1.09 bits per heavy atom. The van der Waals surface area contributed by atoms with Gasteiger partial charge in [-0.3, -0.25) is 0 Å². The maximum Gasteiger partial charge on any atom is 0.340 e. The van der Waals surface area contributed by atoms with Gasteiger partial charge < -0.3 is 4.74 Å². The SMILES string of the molecule is Cc1ccc(C2=N[C@@](C)(C/C=C/c3ccccc3)C(=O)O2)cc1. The molecule has 0 N–H and O–H groups in total. The molecule has 116 valence electrons. The molecule has 0 bridgehead atoms. The fraction of sp³-hybridized carbons (Fsp3) is 0.200. The van der Waals surface area contributed by atoms with Gasteiger partial charge in [-0.05, 0) is 31.5 Å². The second-order valence-electron chi connectivity index (χ2n) is 5.96. The lowest BCUT2D eigenvalue weighted by Crippen LogP contribution is -2.29. The Morgan fingerprint density at radius 2 is 1.78 bits per heavy atom. The normalized spacial score (nSPS) is 20.6. The summed E-state index contributed by atoms with van der Waals surface area (Å²) in [6.07, 6.45) is 4.48. The van der Waals surface area contributed by atoms with Gasteiger partial charge in [0.25, 0.3) is 0 Å². The maximum absolute atomic E-state index is 12.2. The van der Waals surface area contributed by atoms with Crippen LogP contribution in [-0.4, -0.2) is 17.4 Å². The molecule has 1 aliphatic heterocycles. The van der Waals surface area contributed by atoms with Crippen LogP contribution in [0.3, 0.4) is 0 Å². The monoisotopic (exact) mass is 305 g/mol. The number of rotatable bonds is 4. The molecule has 0 unspecified atom stereocenters. The van der Waals surface area contributed by atoms with Crippen LogP contribution < -0.4 is 0 Å². The zero-order valence-corrected chi connectivity index (χ0v) is 13.3. The smallest absolute Gasteiger partial charge is 0.340 e. The van der Waals surface area contributed by atoms with E-state index in [0.29, 0.717) is 12.3 Å². The highest BCUT2D eigenvalue weighted by Gasteiger charge is 2.40. The summed E-state index contributed by atoms with van der Waals surface area (Å²) in [7, 11) is 0. The van der Waals surface area contributed by atoms with Crippen LogP contribution in [0.15, 0.2) is 65.7 Å². The van der Waals surface area contributed by atoms with Crippen molar-refractivity contribution in [2.75, 3.05) is 0 Å². The Labute approximate surface area is 136 Å². The minimum absolute atomic E-state index is 0.300. The van der Waals surface area contributed by atoms with Crippen LogP contribution in [0.25, 0.3) is 6.08 Å². The van der Waals surface area contributed by atoms with E-state index in [4.69, 9.17) is 4.74 Å². The topological polar surface area (TPSA) is 38.7 Å². The largest absolute Gasteiger partial charge is 0.405 e. The number of carbonyl (C=O) groups is 1. The lowest BCUT2D eigenvalue weighted by molar-refractivity contribution is -0.138. The molecule has 0 amide bonds. The van der Waals surface area contributed by atoms with E-state index in [1.165, 1.54) is 0 Å². The summed E-state index contributed by atoms with van der Waals surface area (Å²) in [6.45, 7) is 3.83. The first kappa shape index (κ1) is 15.2. The molecule has 0 spiro atoms. The van der Waals surface area contributed by atoms with E-state index in [2.05, 4.69) is 4.99 Å². The Morgan fingerprint density at radius 3 is 2.48 bits per heavy atom. The molecular formula is C20H19NO2. The van der Waals surface area contributed by atoms with Gasteiger partial charge in [0.1, 0.15) is 0 Å². The van der Waals surface area contributed by atoms with E-state index in [1.807, 2.05) is 80.6 Å². The van der Waals surface area contributed by atoms with Crippen molar-refractivity contribution in [3.63, 3.8) is 0 Å². The van der Waals surface area contributed by atoms with Gasteiger partial charge in [0.2, 0.25) is 5.90 Å². The molecule has 1 aliphatic rings. The van der Waals surface area contributed by atoms with Crippen LogP contribution in [0, 0.1) is 6.92 Å². The van der Waals surface area contributed by atoms with Crippen molar-refractivity contribution in [3.8, 4) is 0 Å². The third-order valence-electron chi connectivity index (χ3n) is 3.90. The molecule has 0 radical (unpaired) electrons. The number of hydrogen-bond acceptors (Lipinski definition) is 3. The molecule has 2 aromatic rings. The molecule has 3 rings (SSSR count). The van der Waals surface area contributed by atoms with Gasteiger partial charge >= 0.3 is 5.97 Å². The van der Waals surface area contributed by atoms with Gasteiger partial charge in [0.15, 0.2) is 5.54 Å². The number of aryl methyl sites for hydroxylation is 1. The lowest BCUT2D eigenvalue weighted by Gasteiger charge is -2.12. The summed E-state index contributed by atoms with van der Waals surface area (Å²) in [6, 6.07) is 17.8. The van der Waals surface area contributed by atoms with Gasteiger partial charge in [-0.1, -0.05) is 60.2 Å².